The number of nitrogens with one attached hydrogen (secondary N) is 2. The van der Waals surface area contributed by atoms with Crippen molar-refractivity contribution in [1.29, 1.82) is 0 Å². The van der Waals surface area contributed by atoms with Gasteiger partial charge in [-0.25, -0.2) is 9.48 Å². The normalized spacial score (nSPS) is 30.7. The molecule has 33 heavy (non-hydrogen) atoms. The summed E-state index contributed by atoms with van der Waals surface area (Å²) in [5, 5.41) is 21.1. The third kappa shape index (κ3) is 5.18. The van der Waals surface area contributed by atoms with Crippen molar-refractivity contribution >= 4 is 18.1 Å². The number of carbonyl (C=O) groups excluding carboxylic acids is 2. The molecule has 4 bridgehead atoms. The first-order valence-electron chi connectivity index (χ1n) is 12.0. The molecule has 5 rings (SSSR count). The first kappa shape index (κ1) is 23.6. The molecule has 4 aliphatic carbocycles. The number of urea groups is 1. The maximum atomic E-state index is 13.3. The minimum atomic E-state index is -0.698. The summed E-state index contributed by atoms with van der Waals surface area (Å²) in [4.78, 5) is 24.6. The third-order valence-corrected chi connectivity index (χ3v) is 7.16. The molecule has 2 unspecified atom stereocenters. The lowest BCUT2D eigenvalue weighted by atomic mass is 9.52. The number of amides is 3. The van der Waals surface area contributed by atoms with Crippen LogP contribution in [0, 0.1) is 23.7 Å². The minimum absolute atomic E-state index is 0.0739. The van der Waals surface area contributed by atoms with Crippen molar-refractivity contribution in [2.45, 2.75) is 77.0 Å². The Bertz CT molecular complexity index is 921. The molecule has 4 fully saturated rings. The third-order valence-electron chi connectivity index (χ3n) is 7.16. The molecule has 0 spiro atoms. The van der Waals surface area contributed by atoms with Crippen LogP contribution in [0.15, 0.2) is 12.3 Å². The summed E-state index contributed by atoms with van der Waals surface area (Å²) in [5.74, 6) is 1.66. The standard InChI is InChI=1S/C24H37N5O4/c1-14(2)13-33-21-18(12-26-29(21)6-5-23(3,4)28-22(25)31)20(30)27-19-16-7-15-8-17(19)11-24(32,9-15)10-16/h5-6,12,14-17,19,32H,7-11,13H2,1-4H3,(H,27,30)(H3,25,28,31)/b6-5+. The summed E-state index contributed by atoms with van der Waals surface area (Å²) in [7, 11) is 0. The molecule has 182 valence electrons. The quantitative estimate of drug-likeness (QED) is 0.474. The predicted octanol–water partition coefficient (Wildman–Crippen LogP) is 2.50. The molecule has 1 heterocycles. The largest absolute Gasteiger partial charge is 0.477 e. The van der Waals surface area contributed by atoms with E-state index in [-0.39, 0.29) is 17.9 Å². The lowest BCUT2D eigenvalue weighted by Crippen LogP contribution is -2.61. The van der Waals surface area contributed by atoms with Gasteiger partial charge < -0.3 is 26.2 Å². The van der Waals surface area contributed by atoms with Gasteiger partial charge in [0.15, 0.2) is 0 Å². The van der Waals surface area contributed by atoms with Crippen LogP contribution in [0.4, 0.5) is 4.79 Å². The van der Waals surface area contributed by atoms with Gasteiger partial charge in [-0.05, 0) is 75.7 Å². The summed E-state index contributed by atoms with van der Waals surface area (Å²) in [5.41, 5.74) is 4.40. The Labute approximate surface area is 195 Å². The highest BCUT2D eigenvalue weighted by Gasteiger charge is 2.55. The fraction of sp³-hybridized carbons (Fsp3) is 0.708. The minimum Gasteiger partial charge on any atom is -0.477 e. The molecule has 9 nitrogen and oxygen atoms in total. The molecule has 0 aromatic carbocycles. The second-order valence-electron chi connectivity index (χ2n) is 11.2. The second-order valence-corrected chi connectivity index (χ2v) is 11.2. The van der Waals surface area contributed by atoms with E-state index >= 15 is 0 Å². The number of ether oxygens (including phenoxy) is 1. The Balaban J connectivity index is 1.53. The van der Waals surface area contributed by atoms with E-state index in [4.69, 9.17) is 10.5 Å². The highest BCUT2D eigenvalue weighted by molar-refractivity contribution is 5.96. The Morgan fingerprint density at radius 3 is 2.58 bits per heavy atom. The van der Waals surface area contributed by atoms with E-state index in [1.165, 1.54) is 10.9 Å². The number of nitrogens with two attached hydrogens (primary N) is 1. The topological polar surface area (TPSA) is 132 Å². The van der Waals surface area contributed by atoms with Crippen LogP contribution in [0.2, 0.25) is 0 Å². The average molecular weight is 460 g/mol. The number of carbonyl (C=O) groups is 2. The molecular weight excluding hydrogens is 422 g/mol. The molecule has 1 aromatic rings. The fourth-order valence-electron chi connectivity index (χ4n) is 6.06. The van der Waals surface area contributed by atoms with Gasteiger partial charge in [0.25, 0.3) is 5.91 Å². The van der Waals surface area contributed by atoms with Crippen molar-refractivity contribution in [3.05, 3.63) is 17.8 Å². The first-order valence-corrected chi connectivity index (χ1v) is 12.0. The summed E-state index contributed by atoms with van der Waals surface area (Å²) in [6.07, 6.45) is 9.53. The van der Waals surface area contributed by atoms with E-state index < -0.39 is 17.2 Å². The summed E-state index contributed by atoms with van der Waals surface area (Å²) in [6, 6.07) is -0.549. The molecule has 9 heteroatoms. The van der Waals surface area contributed by atoms with E-state index in [0.29, 0.717) is 35.8 Å². The number of aliphatic hydroxyl groups is 1. The summed E-state index contributed by atoms with van der Waals surface area (Å²) < 4.78 is 7.51. The predicted molar refractivity (Wildman–Crippen MR) is 124 cm³/mol. The summed E-state index contributed by atoms with van der Waals surface area (Å²) in [6.45, 7) is 8.12. The zero-order chi connectivity index (χ0) is 24.0. The van der Waals surface area contributed by atoms with E-state index in [1.807, 2.05) is 13.8 Å². The van der Waals surface area contributed by atoms with Gasteiger partial charge >= 0.3 is 6.03 Å². The summed E-state index contributed by atoms with van der Waals surface area (Å²) >= 11 is 0. The van der Waals surface area contributed by atoms with Gasteiger partial charge in [0.05, 0.1) is 23.9 Å². The SMILES string of the molecule is CC(C)COc1c(C(=O)NC2C3CC4CC2CC(O)(C4)C3)cnn1/C=C/C(C)(C)NC(N)=O. The Morgan fingerprint density at radius 2 is 2.00 bits per heavy atom. The van der Waals surface area contributed by atoms with Crippen LogP contribution >= 0.6 is 0 Å². The van der Waals surface area contributed by atoms with E-state index in [9.17, 15) is 14.7 Å². The molecule has 0 saturated heterocycles. The monoisotopic (exact) mass is 459 g/mol. The fourth-order valence-corrected chi connectivity index (χ4v) is 6.06. The van der Waals surface area contributed by atoms with Crippen LogP contribution in [0.25, 0.3) is 6.20 Å². The zero-order valence-corrected chi connectivity index (χ0v) is 20.0. The molecule has 2 atom stereocenters. The molecular formula is C24H37N5O4. The van der Waals surface area contributed by atoms with Crippen molar-refractivity contribution in [2.24, 2.45) is 29.4 Å². The molecule has 3 amide bonds. The van der Waals surface area contributed by atoms with E-state index in [2.05, 4.69) is 15.7 Å². The van der Waals surface area contributed by atoms with E-state index in [1.54, 1.807) is 26.1 Å². The van der Waals surface area contributed by atoms with Crippen molar-refractivity contribution in [1.82, 2.24) is 20.4 Å². The maximum absolute atomic E-state index is 13.3. The van der Waals surface area contributed by atoms with Gasteiger partial charge in [-0.15, -0.1) is 0 Å². The van der Waals surface area contributed by atoms with Crippen LogP contribution in [0.5, 0.6) is 5.88 Å². The van der Waals surface area contributed by atoms with E-state index in [0.717, 1.165) is 32.1 Å². The van der Waals surface area contributed by atoms with Crippen molar-refractivity contribution < 1.29 is 19.4 Å². The van der Waals surface area contributed by atoms with Gasteiger partial charge in [-0.1, -0.05) is 13.8 Å². The zero-order valence-electron chi connectivity index (χ0n) is 20.0. The van der Waals surface area contributed by atoms with Crippen LogP contribution in [0.1, 0.15) is 70.2 Å². The molecule has 0 radical (unpaired) electrons. The maximum Gasteiger partial charge on any atom is 0.312 e. The van der Waals surface area contributed by atoms with Crippen LogP contribution in [0.3, 0.4) is 0 Å². The number of primary amides is 1. The Kier molecular flexibility index (Phi) is 6.20. The van der Waals surface area contributed by atoms with Crippen LogP contribution in [-0.4, -0.2) is 50.6 Å². The number of nitrogens with zero attached hydrogens (tertiary/aromatic N) is 2. The molecule has 4 saturated carbocycles. The Morgan fingerprint density at radius 1 is 1.33 bits per heavy atom. The van der Waals surface area contributed by atoms with Crippen LogP contribution < -0.4 is 21.1 Å². The highest BCUT2D eigenvalue weighted by atomic mass is 16.5. The van der Waals surface area contributed by atoms with Crippen molar-refractivity contribution in [2.75, 3.05) is 6.61 Å². The second kappa shape index (κ2) is 8.66. The van der Waals surface area contributed by atoms with Crippen molar-refractivity contribution in [3.63, 3.8) is 0 Å². The molecule has 0 aliphatic heterocycles. The molecule has 1 aromatic heterocycles. The smallest absolute Gasteiger partial charge is 0.312 e. The molecule has 5 N–H and O–H groups in total. The van der Waals surface area contributed by atoms with Crippen molar-refractivity contribution in [3.8, 4) is 5.88 Å². The number of rotatable bonds is 8. The highest BCUT2D eigenvalue weighted by Crippen LogP contribution is 2.55. The van der Waals surface area contributed by atoms with Gasteiger partial charge in [0.2, 0.25) is 5.88 Å². The number of hydrogen-bond donors (Lipinski definition) is 4. The first-order chi connectivity index (χ1) is 15.4. The van der Waals surface area contributed by atoms with Gasteiger partial charge in [0, 0.05) is 12.2 Å². The van der Waals surface area contributed by atoms with Gasteiger partial charge in [-0.3, -0.25) is 4.79 Å². The Hall–Kier alpha value is -2.55. The number of aromatic nitrogens is 2. The lowest BCUT2D eigenvalue weighted by Gasteiger charge is -2.58. The van der Waals surface area contributed by atoms with Gasteiger partial charge in [-0.2, -0.15) is 5.10 Å². The number of hydrogen-bond acceptors (Lipinski definition) is 5. The lowest BCUT2D eigenvalue weighted by molar-refractivity contribution is -0.136. The van der Waals surface area contributed by atoms with Crippen LogP contribution in [-0.2, 0) is 0 Å². The molecule has 4 aliphatic rings. The van der Waals surface area contributed by atoms with Gasteiger partial charge in [0.1, 0.15) is 5.56 Å². The average Bonchev–Trinajstić information content (AvgIpc) is 3.08.